The van der Waals surface area contributed by atoms with E-state index in [0.29, 0.717) is 23.6 Å². The molecule has 0 bridgehead atoms. The van der Waals surface area contributed by atoms with E-state index in [1.54, 1.807) is 12.1 Å². The Morgan fingerprint density at radius 2 is 1.86 bits per heavy atom. The van der Waals surface area contributed by atoms with Crippen LogP contribution in [0.4, 0.5) is 4.39 Å². The van der Waals surface area contributed by atoms with Crippen LogP contribution in [0.1, 0.15) is 62.3 Å². The number of benzene rings is 2. The minimum atomic E-state index is -0.470. The molecule has 190 valence electrons. The lowest BCUT2D eigenvalue weighted by atomic mass is 9.84. The fourth-order valence-electron chi connectivity index (χ4n) is 5.40. The Balaban J connectivity index is 1.33. The van der Waals surface area contributed by atoms with Gasteiger partial charge in [0, 0.05) is 34.6 Å². The molecule has 0 N–H and O–H groups in total. The molecule has 2 aromatic carbocycles. The molecule has 1 aliphatic rings. The van der Waals surface area contributed by atoms with Gasteiger partial charge in [-0.25, -0.2) is 9.18 Å². The Bertz CT molecular complexity index is 1490. The molecule has 0 fully saturated rings. The number of esters is 1. The van der Waals surface area contributed by atoms with Gasteiger partial charge in [0.05, 0.1) is 11.1 Å². The van der Waals surface area contributed by atoms with Crippen LogP contribution in [0.3, 0.4) is 0 Å². The number of aryl methyl sites for hydroxylation is 3. The molecule has 0 aliphatic heterocycles. The molecule has 2 aromatic heterocycles. The van der Waals surface area contributed by atoms with E-state index < -0.39 is 5.97 Å². The van der Waals surface area contributed by atoms with Crippen molar-refractivity contribution < 1.29 is 18.7 Å². The highest BCUT2D eigenvalue weighted by atomic mass is 19.1. The first-order valence-corrected chi connectivity index (χ1v) is 12.8. The lowest BCUT2D eigenvalue weighted by Gasteiger charge is -2.24. The second-order valence-electron chi connectivity index (χ2n) is 10.1. The number of rotatable bonds is 7. The Kier molecular flexibility index (Phi) is 6.92. The van der Waals surface area contributed by atoms with Gasteiger partial charge in [-0.1, -0.05) is 37.3 Å². The highest BCUT2D eigenvalue weighted by molar-refractivity contribution is 6.06. The molecule has 0 spiro atoms. The van der Waals surface area contributed by atoms with Gasteiger partial charge in [0.25, 0.3) is 0 Å². The molecule has 5 rings (SSSR count). The molecule has 1 unspecified atom stereocenters. The van der Waals surface area contributed by atoms with Crippen LogP contribution in [0.25, 0.3) is 10.9 Å². The Hall–Kier alpha value is -3.80. The minimum absolute atomic E-state index is 0.227. The van der Waals surface area contributed by atoms with Gasteiger partial charge in [0.1, 0.15) is 5.82 Å². The van der Waals surface area contributed by atoms with Gasteiger partial charge in [-0.2, -0.15) is 0 Å². The maximum Gasteiger partial charge on any atom is 0.339 e. The zero-order valence-electron chi connectivity index (χ0n) is 21.5. The molecule has 6 heteroatoms. The van der Waals surface area contributed by atoms with Crippen LogP contribution in [0.2, 0.25) is 0 Å². The van der Waals surface area contributed by atoms with Crippen LogP contribution in [0.5, 0.6) is 0 Å². The van der Waals surface area contributed by atoms with Gasteiger partial charge >= 0.3 is 5.97 Å². The average Bonchev–Trinajstić information content (AvgIpc) is 3.18. The third kappa shape index (κ3) is 5.06. The van der Waals surface area contributed by atoms with Crippen LogP contribution in [0.15, 0.2) is 54.6 Å². The summed E-state index contributed by atoms with van der Waals surface area (Å²) in [4.78, 5) is 31.3. The minimum Gasteiger partial charge on any atom is -0.454 e. The van der Waals surface area contributed by atoms with Crippen molar-refractivity contribution in [1.29, 1.82) is 0 Å². The van der Waals surface area contributed by atoms with Crippen molar-refractivity contribution >= 4 is 22.7 Å². The van der Waals surface area contributed by atoms with Crippen LogP contribution < -0.4 is 0 Å². The highest BCUT2D eigenvalue weighted by Gasteiger charge is 2.27. The highest BCUT2D eigenvalue weighted by Crippen LogP contribution is 2.32. The van der Waals surface area contributed by atoms with E-state index in [4.69, 9.17) is 9.72 Å². The topological polar surface area (TPSA) is 61.2 Å². The summed E-state index contributed by atoms with van der Waals surface area (Å²) in [7, 11) is 0. The smallest absolute Gasteiger partial charge is 0.339 e. The molecule has 0 saturated carbocycles. The van der Waals surface area contributed by atoms with Gasteiger partial charge in [-0.15, -0.1) is 0 Å². The average molecular weight is 499 g/mol. The number of carbonyl (C=O) groups is 2. The molecule has 4 aromatic rings. The number of halogens is 1. The van der Waals surface area contributed by atoms with Crippen LogP contribution in [0, 0.1) is 25.6 Å². The van der Waals surface area contributed by atoms with E-state index in [0.717, 1.165) is 64.8 Å². The van der Waals surface area contributed by atoms with Gasteiger partial charge in [0.2, 0.25) is 5.78 Å². The molecule has 0 saturated heterocycles. The van der Waals surface area contributed by atoms with E-state index in [-0.39, 0.29) is 18.2 Å². The number of aromatic nitrogens is 2. The predicted octanol–water partition coefficient (Wildman–Crippen LogP) is 6.20. The van der Waals surface area contributed by atoms with Crippen molar-refractivity contribution in [3.63, 3.8) is 0 Å². The molecule has 1 atom stereocenters. The monoisotopic (exact) mass is 498 g/mol. The summed E-state index contributed by atoms with van der Waals surface area (Å²) in [5.74, 6) is -0.490. The van der Waals surface area contributed by atoms with Crippen molar-refractivity contribution in [2.75, 3.05) is 6.61 Å². The van der Waals surface area contributed by atoms with Gasteiger partial charge in [0.15, 0.2) is 6.61 Å². The number of Topliss-reactive ketones (excluding diaryl/α,β-unsaturated/α-hetero) is 1. The quantitative estimate of drug-likeness (QED) is 0.225. The van der Waals surface area contributed by atoms with Crippen molar-refractivity contribution in [3.05, 3.63) is 99.8 Å². The first kappa shape index (κ1) is 24.9. The van der Waals surface area contributed by atoms with Crippen molar-refractivity contribution in [2.24, 2.45) is 5.92 Å². The molecule has 5 nitrogen and oxygen atoms in total. The summed E-state index contributed by atoms with van der Waals surface area (Å²) in [6.45, 7) is 6.40. The van der Waals surface area contributed by atoms with E-state index >= 15 is 0 Å². The van der Waals surface area contributed by atoms with E-state index in [9.17, 15) is 14.0 Å². The standard InChI is InChI=1S/C31H31FN2O3/c1-19-8-13-28-26(16-19)30(24-6-4-5-7-27(24)33-28)31(36)37-18-29(35)25-17-20(2)34(21(25)3)15-14-22-9-11-23(32)12-10-22/h4-7,9-12,17,19H,8,13-16,18H2,1-3H3. The van der Waals surface area contributed by atoms with Crippen LogP contribution in [-0.4, -0.2) is 27.9 Å². The van der Waals surface area contributed by atoms with E-state index in [1.165, 1.54) is 12.1 Å². The SMILES string of the molecule is Cc1cc(C(=O)COC(=O)c2c3c(nc4ccccc24)CCC(C)C3)c(C)n1CCc1ccc(F)cc1. The summed E-state index contributed by atoms with van der Waals surface area (Å²) in [6.07, 6.45) is 3.38. The Morgan fingerprint density at radius 1 is 1.11 bits per heavy atom. The fraction of sp³-hybridized carbons (Fsp3) is 0.323. The lowest BCUT2D eigenvalue weighted by molar-refractivity contribution is 0.0474. The van der Waals surface area contributed by atoms with E-state index in [1.807, 2.05) is 44.2 Å². The summed E-state index contributed by atoms with van der Waals surface area (Å²) in [6, 6.07) is 15.9. The largest absolute Gasteiger partial charge is 0.454 e. The van der Waals surface area contributed by atoms with Gasteiger partial charge < -0.3 is 9.30 Å². The third-order valence-electron chi connectivity index (χ3n) is 7.46. The normalized spacial score (nSPS) is 15.0. The first-order chi connectivity index (χ1) is 17.8. The second kappa shape index (κ2) is 10.3. The second-order valence-corrected chi connectivity index (χ2v) is 10.1. The Morgan fingerprint density at radius 3 is 2.65 bits per heavy atom. The molecule has 2 heterocycles. The van der Waals surface area contributed by atoms with Crippen LogP contribution >= 0.6 is 0 Å². The number of nitrogens with zero attached hydrogens (tertiary/aromatic N) is 2. The number of para-hydroxylation sites is 1. The number of fused-ring (bicyclic) bond motifs is 2. The molecule has 0 radical (unpaired) electrons. The maximum absolute atomic E-state index is 13.4. The number of carbonyl (C=O) groups excluding carboxylic acids is 2. The Labute approximate surface area is 216 Å². The first-order valence-electron chi connectivity index (χ1n) is 12.8. The maximum atomic E-state index is 13.4. The summed E-state index contributed by atoms with van der Waals surface area (Å²) < 4.78 is 20.9. The summed E-state index contributed by atoms with van der Waals surface area (Å²) in [5.41, 5.74) is 6.61. The van der Waals surface area contributed by atoms with Gasteiger partial charge in [-0.3, -0.25) is 9.78 Å². The third-order valence-corrected chi connectivity index (χ3v) is 7.46. The number of ketones is 1. The fourth-order valence-corrected chi connectivity index (χ4v) is 5.40. The lowest BCUT2D eigenvalue weighted by Crippen LogP contribution is -2.21. The van der Waals surface area contributed by atoms with Crippen LogP contribution in [-0.2, 0) is 30.5 Å². The van der Waals surface area contributed by atoms with Gasteiger partial charge in [-0.05, 0) is 80.8 Å². The van der Waals surface area contributed by atoms with E-state index in [2.05, 4.69) is 11.5 Å². The van der Waals surface area contributed by atoms with Crippen molar-refractivity contribution in [3.8, 4) is 0 Å². The molecule has 1 aliphatic carbocycles. The number of hydrogen-bond donors (Lipinski definition) is 0. The molecular formula is C31H31FN2O3. The summed E-state index contributed by atoms with van der Waals surface area (Å²) in [5, 5.41) is 0.770. The predicted molar refractivity (Wildman–Crippen MR) is 142 cm³/mol. The molecule has 37 heavy (non-hydrogen) atoms. The summed E-state index contributed by atoms with van der Waals surface area (Å²) >= 11 is 0. The number of pyridine rings is 1. The molecular weight excluding hydrogens is 467 g/mol. The van der Waals surface area contributed by atoms with Crippen molar-refractivity contribution in [2.45, 2.75) is 53.0 Å². The molecule has 0 amide bonds. The number of hydrogen-bond acceptors (Lipinski definition) is 4. The zero-order chi connectivity index (χ0) is 26.1. The van der Waals surface area contributed by atoms with Crippen molar-refractivity contribution in [1.82, 2.24) is 9.55 Å². The number of ether oxygens (including phenoxy) is 1. The zero-order valence-corrected chi connectivity index (χ0v) is 21.5.